The molecule has 1 N–H and O–H groups in total. The van der Waals surface area contributed by atoms with Crippen molar-refractivity contribution in [3.8, 4) is 11.5 Å². The van der Waals surface area contributed by atoms with Gasteiger partial charge in [0.15, 0.2) is 11.5 Å². The predicted molar refractivity (Wildman–Crippen MR) is 153 cm³/mol. The molecule has 0 aliphatic carbocycles. The van der Waals surface area contributed by atoms with Crippen molar-refractivity contribution in [3.05, 3.63) is 52.0 Å². The van der Waals surface area contributed by atoms with E-state index in [4.69, 9.17) is 32.7 Å². The second-order valence-corrected chi connectivity index (χ2v) is 12.1. The lowest BCUT2D eigenvalue weighted by atomic mass is 10.1. The Morgan fingerprint density at radius 1 is 1.03 bits per heavy atom. The number of fused-ring (bicyclic) bond motifs is 1. The lowest BCUT2D eigenvalue weighted by Gasteiger charge is -2.29. The Bertz CT molecular complexity index is 1270. The number of unbranched alkanes of at least 4 members (excludes halogenated alkanes) is 1. The van der Waals surface area contributed by atoms with Crippen molar-refractivity contribution in [1.29, 1.82) is 0 Å². The summed E-state index contributed by atoms with van der Waals surface area (Å²) in [6, 6.07) is 9.26. The van der Waals surface area contributed by atoms with E-state index in [9.17, 15) is 18.0 Å². The van der Waals surface area contributed by atoms with Crippen molar-refractivity contribution in [2.75, 3.05) is 36.9 Å². The maximum absolute atomic E-state index is 13.4. The van der Waals surface area contributed by atoms with Gasteiger partial charge >= 0.3 is 0 Å². The molecule has 9 nitrogen and oxygen atoms in total. The number of nitrogens with zero attached hydrogens (tertiary/aromatic N) is 2. The fourth-order valence-electron chi connectivity index (χ4n) is 4.14. The first-order valence-corrected chi connectivity index (χ1v) is 15.5. The minimum absolute atomic E-state index is 0.0322. The lowest BCUT2D eigenvalue weighted by molar-refractivity contribution is -0.140. The van der Waals surface area contributed by atoms with Gasteiger partial charge in [-0.2, -0.15) is 0 Å². The van der Waals surface area contributed by atoms with Crippen LogP contribution in [0.1, 0.15) is 45.1 Å². The van der Waals surface area contributed by atoms with Crippen LogP contribution >= 0.6 is 23.2 Å². The average molecular weight is 601 g/mol. The molecule has 2 amide bonds. The summed E-state index contributed by atoms with van der Waals surface area (Å²) in [5.74, 6) is 0.484. The van der Waals surface area contributed by atoms with Crippen LogP contribution in [0.5, 0.6) is 11.5 Å². The van der Waals surface area contributed by atoms with Crippen LogP contribution in [-0.2, 0) is 26.2 Å². The van der Waals surface area contributed by atoms with Crippen LogP contribution in [0, 0.1) is 0 Å². The molecule has 1 heterocycles. The number of benzene rings is 2. The highest BCUT2D eigenvalue weighted by Gasteiger charge is 2.27. The molecule has 1 aliphatic heterocycles. The van der Waals surface area contributed by atoms with Crippen LogP contribution in [0.4, 0.5) is 5.69 Å². The van der Waals surface area contributed by atoms with Crippen molar-refractivity contribution >= 4 is 50.7 Å². The van der Waals surface area contributed by atoms with Gasteiger partial charge in [-0.25, -0.2) is 8.42 Å². The zero-order valence-corrected chi connectivity index (χ0v) is 24.7. The zero-order chi connectivity index (χ0) is 28.6. The second kappa shape index (κ2) is 14.1. The molecule has 0 saturated heterocycles. The zero-order valence-electron chi connectivity index (χ0n) is 22.4. The van der Waals surface area contributed by atoms with E-state index in [0.29, 0.717) is 47.0 Å². The van der Waals surface area contributed by atoms with Gasteiger partial charge in [-0.3, -0.25) is 13.9 Å². The van der Waals surface area contributed by atoms with Gasteiger partial charge in [-0.1, -0.05) is 42.6 Å². The molecule has 0 unspecified atom stereocenters. The quantitative estimate of drug-likeness (QED) is 0.336. The summed E-state index contributed by atoms with van der Waals surface area (Å²) in [5, 5.41) is 3.62. The standard InChI is InChI=1S/C27H35Cl2N3O6S/c1-4-5-12-30-27(34)19(2)31(18-20-8-10-22(28)23(29)16-20)26(33)7-6-13-32(39(3,35)36)21-9-11-24-25(17-21)38-15-14-37-24/h8-11,16-17,19H,4-7,12-15,18H2,1-3H3,(H,30,34)/t19-/m0/s1. The van der Waals surface area contributed by atoms with Crippen molar-refractivity contribution in [3.63, 3.8) is 0 Å². The molecule has 0 radical (unpaired) electrons. The minimum Gasteiger partial charge on any atom is -0.486 e. The molecule has 0 bridgehead atoms. The van der Waals surface area contributed by atoms with Crippen molar-refractivity contribution in [1.82, 2.24) is 10.2 Å². The number of carbonyl (C=O) groups is 2. The van der Waals surface area contributed by atoms with Gasteiger partial charge in [-0.15, -0.1) is 0 Å². The van der Waals surface area contributed by atoms with Crippen LogP contribution in [-0.4, -0.2) is 63.7 Å². The molecule has 0 aromatic heterocycles. The highest BCUT2D eigenvalue weighted by atomic mass is 35.5. The number of halogens is 2. The molecule has 0 fully saturated rings. The van der Waals surface area contributed by atoms with E-state index in [0.717, 1.165) is 24.7 Å². The largest absolute Gasteiger partial charge is 0.486 e. The number of carbonyl (C=O) groups excluding carboxylic acids is 2. The number of sulfonamides is 1. The summed E-state index contributed by atoms with van der Waals surface area (Å²) < 4.78 is 37.6. The topological polar surface area (TPSA) is 105 Å². The number of amides is 2. The third-order valence-electron chi connectivity index (χ3n) is 6.30. The summed E-state index contributed by atoms with van der Waals surface area (Å²) in [5.41, 5.74) is 1.14. The average Bonchev–Trinajstić information content (AvgIpc) is 2.90. The van der Waals surface area contributed by atoms with Gasteiger partial charge in [0.2, 0.25) is 21.8 Å². The Kier molecular flexibility index (Phi) is 11.1. The van der Waals surface area contributed by atoms with Gasteiger partial charge in [-0.05, 0) is 49.6 Å². The molecule has 3 rings (SSSR count). The van der Waals surface area contributed by atoms with Gasteiger partial charge in [0.1, 0.15) is 19.3 Å². The fraction of sp³-hybridized carbons (Fsp3) is 0.481. The number of anilines is 1. The van der Waals surface area contributed by atoms with Crippen LogP contribution in [0.2, 0.25) is 10.0 Å². The number of ether oxygens (including phenoxy) is 2. The molecule has 214 valence electrons. The van der Waals surface area contributed by atoms with Crippen LogP contribution in [0.3, 0.4) is 0 Å². The van der Waals surface area contributed by atoms with Crippen molar-refractivity contribution in [2.45, 2.75) is 52.1 Å². The van der Waals surface area contributed by atoms with E-state index < -0.39 is 16.1 Å². The fourth-order valence-corrected chi connectivity index (χ4v) is 5.42. The van der Waals surface area contributed by atoms with E-state index in [1.807, 2.05) is 6.92 Å². The summed E-state index contributed by atoms with van der Waals surface area (Å²) in [4.78, 5) is 27.7. The summed E-state index contributed by atoms with van der Waals surface area (Å²) in [7, 11) is -3.64. The van der Waals surface area contributed by atoms with Gasteiger partial charge < -0.3 is 19.7 Å². The molecule has 2 aromatic carbocycles. The first-order valence-electron chi connectivity index (χ1n) is 12.9. The Balaban J connectivity index is 1.73. The Hall–Kier alpha value is -2.69. The predicted octanol–water partition coefficient (Wildman–Crippen LogP) is 4.64. The van der Waals surface area contributed by atoms with Crippen molar-refractivity contribution in [2.24, 2.45) is 0 Å². The molecule has 2 aromatic rings. The van der Waals surface area contributed by atoms with Crippen LogP contribution in [0.15, 0.2) is 36.4 Å². The van der Waals surface area contributed by atoms with Crippen LogP contribution < -0.4 is 19.1 Å². The Labute approximate surface area is 240 Å². The highest BCUT2D eigenvalue weighted by Crippen LogP contribution is 2.35. The second-order valence-electron chi connectivity index (χ2n) is 9.36. The molecule has 39 heavy (non-hydrogen) atoms. The van der Waals surface area contributed by atoms with E-state index in [1.165, 1.54) is 9.21 Å². The van der Waals surface area contributed by atoms with E-state index >= 15 is 0 Å². The summed E-state index contributed by atoms with van der Waals surface area (Å²) in [6.45, 7) is 5.25. The number of rotatable bonds is 13. The molecule has 0 saturated carbocycles. The molecule has 0 spiro atoms. The Morgan fingerprint density at radius 2 is 1.74 bits per heavy atom. The summed E-state index contributed by atoms with van der Waals surface area (Å²) in [6.07, 6.45) is 3.15. The molecular formula is C27H35Cl2N3O6S. The molecule has 1 aliphatic rings. The Morgan fingerprint density at radius 3 is 2.41 bits per heavy atom. The van der Waals surface area contributed by atoms with E-state index in [2.05, 4.69) is 5.32 Å². The normalized spacial score (nSPS) is 13.5. The highest BCUT2D eigenvalue weighted by molar-refractivity contribution is 7.92. The number of hydrogen-bond acceptors (Lipinski definition) is 6. The number of nitrogens with one attached hydrogen (secondary N) is 1. The molecular weight excluding hydrogens is 565 g/mol. The monoisotopic (exact) mass is 599 g/mol. The first kappa shape index (κ1) is 30.8. The number of hydrogen-bond donors (Lipinski definition) is 1. The van der Waals surface area contributed by atoms with E-state index in [-0.39, 0.29) is 37.7 Å². The SMILES string of the molecule is CCCCNC(=O)[C@H](C)N(Cc1ccc(Cl)c(Cl)c1)C(=O)CCCN(c1ccc2c(c1)OCCO2)S(C)(=O)=O. The maximum atomic E-state index is 13.4. The van der Waals surface area contributed by atoms with Gasteiger partial charge in [0.05, 0.1) is 22.0 Å². The first-order chi connectivity index (χ1) is 18.5. The van der Waals surface area contributed by atoms with E-state index in [1.54, 1.807) is 43.3 Å². The maximum Gasteiger partial charge on any atom is 0.242 e. The third kappa shape index (κ3) is 8.65. The molecule has 12 heteroatoms. The third-order valence-corrected chi connectivity index (χ3v) is 8.23. The smallest absolute Gasteiger partial charge is 0.242 e. The van der Waals surface area contributed by atoms with Gasteiger partial charge in [0.25, 0.3) is 0 Å². The van der Waals surface area contributed by atoms with Crippen LogP contribution in [0.25, 0.3) is 0 Å². The minimum atomic E-state index is -3.64. The lowest BCUT2D eigenvalue weighted by Crippen LogP contribution is -2.48. The van der Waals surface area contributed by atoms with Crippen molar-refractivity contribution < 1.29 is 27.5 Å². The molecule has 1 atom stereocenters. The van der Waals surface area contributed by atoms with Gasteiger partial charge in [0, 0.05) is 32.1 Å². The summed E-state index contributed by atoms with van der Waals surface area (Å²) >= 11 is 12.2.